The Kier molecular flexibility index (Phi) is 11.2. The topological polar surface area (TPSA) is 77.8 Å². The average molecular weight is 360 g/mol. The van der Waals surface area contributed by atoms with Gasteiger partial charge in [-0.3, -0.25) is 9.59 Å². The van der Waals surface area contributed by atoms with Crippen LogP contribution in [0.5, 0.6) is 0 Å². The number of hydrogen-bond donors (Lipinski definition) is 2. The summed E-state index contributed by atoms with van der Waals surface area (Å²) in [4.78, 5) is 24.4. The predicted octanol–water partition coefficient (Wildman–Crippen LogP) is 3.64. The lowest BCUT2D eigenvalue weighted by Crippen LogP contribution is -2.34. The number of carboxylic acids is 1. The summed E-state index contributed by atoms with van der Waals surface area (Å²) in [6.45, 7) is 2.92. The lowest BCUT2D eigenvalue weighted by Gasteiger charge is -2.24. The first-order chi connectivity index (χ1) is 11.5. The third kappa shape index (κ3) is 8.92. The van der Waals surface area contributed by atoms with Gasteiger partial charge in [0.1, 0.15) is 0 Å². The van der Waals surface area contributed by atoms with Gasteiger partial charge in [-0.25, -0.2) is 0 Å². The van der Waals surface area contributed by atoms with Crippen molar-refractivity contribution in [1.29, 1.82) is 0 Å². The standard InChI is InChI=1S/C18H33NO4S/c1-2-3-6-9-15(20)11-12-17-19(16(21)14-24-17)13-8-5-4-7-10-18(22)23/h15,17,20H,2-14H2,1H3,(H,22,23)/t15-,17?/m0/s1. The Balaban J connectivity index is 2.19. The molecule has 1 rings (SSSR count). The highest BCUT2D eigenvalue weighted by molar-refractivity contribution is 8.00. The van der Waals surface area contributed by atoms with E-state index in [9.17, 15) is 14.7 Å². The summed E-state index contributed by atoms with van der Waals surface area (Å²) in [5.74, 6) is 0.0185. The molecular formula is C18H33NO4S. The summed E-state index contributed by atoms with van der Waals surface area (Å²) in [6.07, 6.45) is 9.41. The fourth-order valence-electron chi connectivity index (χ4n) is 3.03. The molecule has 0 bridgehead atoms. The van der Waals surface area contributed by atoms with Crippen LogP contribution in [0, 0.1) is 0 Å². The maximum Gasteiger partial charge on any atom is 0.303 e. The van der Waals surface area contributed by atoms with E-state index in [1.54, 1.807) is 11.8 Å². The second-order valence-electron chi connectivity index (χ2n) is 6.64. The lowest BCUT2D eigenvalue weighted by molar-refractivity contribution is -0.137. The van der Waals surface area contributed by atoms with Gasteiger partial charge in [0.25, 0.3) is 0 Å². The first kappa shape index (κ1) is 21.3. The molecule has 1 aliphatic heterocycles. The maximum atomic E-state index is 12.0. The van der Waals surface area contributed by atoms with Crippen LogP contribution in [0.4, 0.5) is 0 Å². The van der Waals surface area contributed by atoms with Crippen LogP contribution in [0.1, 0.15) is 77.6 Å². The smallest absolute Gasteiger partial charge is 0.303 e. The number of amides is 1. The number of nitrogens with zero attached hydrogens (tertiary/aromatic N) is 1. The fraction of sp³-hybridized carbons (Fsp3) is 0.889. The highest BCUT2D eigenvalue weighted by Crippen LogP contribution is 2.29. The van der Waals surface area contributed by atoms with E-state index in [1.807, 2.05) is 4.90 Å². The van der Waals surface area contributed by atoms with Crippen molar-refractivity contribution in [3.63, 3.8) is 0 Å². The summed E-state index contributed by atoms with van der Waals surface area (Å²) >= 11 is 1.69. The van der Waals surface area contributed by atoms with Crippen molar-refractivity contribution in [2.75, 3.05) is 12.3 Å². The zero-order valence-electron chi connectivity index (χ0n) is 14.9. The van der Waals surface area contributed by atoms with Crippen LogP contribution in [-0.4, -0.2) is 50.8 Å². The monoisotopic (exact) mass is 359 g/mol. The van der Waals surface area contributed by atoms with Gasteiger partial charge in [-0.2, -0.15) is 0 Å². The molecule has 0 aromatic heterocycles. The van der Waals surface area contributed by atoms with Crippen LogP contribution in [0.15, 0.2) is 0 Å². The molecule has 1 unspecified atom stereocenters. The number of aliphatic carboxylic acids is 1. The van der Waals surface area contributed by atoms with Crippen LogP contribution in [-0.2, 0) is 9.59 Å². The van der Waals surface area contributed by atoms with Crippen molar-refractivity contribution >= 4 is 23.6 Å². The molecule has 24 heavy (non-hydrogen) atoms. The number of unbranched alkanes of at least 4 members (excludes halogenated alkanes) is 5. The number of thioether (sulfide) groups is 1. The Bertz CT molecular complexity index is 378. The van der Waals surface area contributed by atoms with Gasteiger partial charge < -0.3 is 15.1 Å². The highest BCUT2D eigenvalue weighted by Gasteiger charge is 2.31. The van der Waals surface area contributed by atoms with Crippen molar-refractivity contribution < 1.29 is 19.8 Å². The van der Waals surface area contributed by atoms with E-state index in [4.69, 9.17) is 5.11 Å². The molecule has 0 saturated carbocycles. The quantitative estimate of drug-likeness (QED) is 0.463. The van der Waals surface area contributed by atoms with Gasteiger partial charge in [-0.05, 0) is 32.1 Å². The van der Waals surface area contributed by atoms with E-state index in [-0.39, 0.29) is 23.8 Å². The normalized spacial score (nSPS) is 19.0. The first-order valence-electron chi connectivity index (χ1n) is 9.35. The van der Waals surface area contributed by atoms with Crippen molar-refractivity contribution in [3.8, 4) is 0 Å². The summed E-state index contributed by atoms with van der Waals surface area (Å²) in [5.41, 5.74) is 0. The number of hydrogen-bond acceptors (Lipinski definition) is 4. The Hall–Kier alpha value is -0.750. The van der Waals surface area contributed by atoms with Crippen molar-refractivity contribution in [2.24, 2.45) is 0 Å². The third-order valence-corrected chi connectivity index (χ3v) is 5.78. The van der Waals surface area contributed by atoms with Crippen LogP contribution in [0.3, 0.4) is 0 Å². The van der Waals surface area contributed by atoms with Crippen molar-refractivity contribution in [1.82, 2.24) is 4.90 Å². The van der Waals surface area contributed by atoms with E-state index < -0.39 is 5.97 Å². The largest absolute Gasteiger partial charge is 0.481 e. The van der Waals surface area contributed by atoms with E-state index >= 15 is 0 Å². The third-order valence-electron chi connectivity index (χ3n) is 4.49. The molecule has 1 amide bonds. The maximum absolute atomic E-state index is 12.0. The molecule has 1 aliphatic rings. The fourth-order valence-corrected chi connectivity index (χ4v) is 4.24. The molecular weight excluding hydrogens is 326 g/mol. The number of carbonyl (C=O) groups is 2. The predicted molar refractivity (Wildman–Crippen MR) is 98.1 cm³/mol. The van der Waals surface area contributed by atoms with Gasteiger partial charge in [-0.15, -0.1) is 11.8 Å². The summed E-state index contributed by atoms with van der Waals surface area (Å²) in [6, 6.07) is 0. The molecule has 0 spiro atoms. The molecule has 1 saturated heterocycles. The van der Waals surface area contributed by atoms with Crippen LogP contribution >= 0.6 is 11.8 Å². The average Bonchev–Trinajstić information content (AvgIpc) is 2.89. The van der Waals surface area contributed by atoms with Crippen molar-refractivity contribution in [2.45, 2.75) is 89.0 Å². The molecule has 6 heteroatoms. The lowest BCUT2D eigenvalue weighted by atomic mass is 10.1. The van der Waals surface area contributed by atoms with Crippen LogP contribution in [0.25, 0.3) is 0 Å². The van der Waals surface area contributed by atoms with E-state index in [0.29, 0.717) is 12.2 Å². The highest BCUT2D eigenvalue weighted by atomic mass is 32.2. The van der Waals surface area contributed by atoms with Gasteiger partial charge in [0, 0.05) is 13.0 Å². The Morgan fingerprint density at radius 2 is 1.96 bits per heavy atom. The minimum Gasteiger partial charge on any atom is -0.481 e. The molecule has 2 atom stereocenters. The second kappa shape index (κ2) is 12.6. The van der Waals surface area contributed by atoms with Gasteiger partial charge in [0.05, 0.1) is 17.2 Å². The molecule has 140 valence electrons. The number of carbonyl (C=O) groups excluding carboxylic acids is 1. The SMILES string of the molecule is CCCCC[C@H](O)CCC1SCC(=O)N1CCCCCCC(=O)O. The van der Waals surface area contributed by atoms with Crippen LogP contribution < -0.4 is 0 Å². The number of carboxylic acid groups (broad SMARTS) is 1. The van der Waals surface area contributed by atoms with Gasteiger partial charge >= 0.3 is 5.97 Å². The molecule has 0 aliphatic carbocycles. The molecule has 1 heterocycles. The molecule has 0 radical (unpaired) electrons. The van der Waals surface area contributed by atoms with Gasteiger partial charge in [0.2, 0.25) is 5.91 Å². The molecule has 0 aromatic carbocycles. The van der Waals surface area contributed by atoms with Gasteiger partial charge in [0.15, 0.2) is 0 Å². The molecule has 1 fully saturated rings. The van der Waals surface area contributed by atoms with E-state index in [2.05, 4.69) is 6.92 Å². The second-order valence-corrected chi connectivity index (χ2v) is 7.80. The Morgan fingerprint density at radius 3 is 2.67 bits per heavy atom. The molecule has 0 aromatic rings. The zero-order valence-corrected chi connectivity index (χ0v) is 15.7. The van der Waals surface area contributed by atoms with E-state index in [0.717, 1.165) is 51.5 Å². The van der Waals surface area contributed by atoms with Gasteiger partial charge in [-0.1, -0.05) is 39.0 Å². The summed E-state index contributed by atoms with van der Waals surface area (Å²) in [7, 11) is 0. The van der Waals surface area contributed by atoms with Crippen LogP contribution in [0.2, 0.25) is 0 Å². The summed E-state index contributed by atoms with van der Waals surface area (Å²) < 4.78 is 0. The van der Waals surface area contributed by atoms with E-state index in [1.165, 1.54) is 12.8 Å². The van der Waals surface area contributed by atoms with Crippen molar-refractivity contribution in [3.05, 3.63) is 0 Å². The minimum absolute atomic E-state index is 0.205. The minimum atomic E-state index is -0.737. The first-order valence-corrected chi connectivity index (χ1v) is 10.4. The number of aliphatic hydroxyl groups excluding tert-OH is 1. The Labute approximate surface area is 150 Å². The Morgan fingerprint density at radius 1 is 1.21 bits per heavy atom. The number of aliphatic hydroxyl groups is 1. The zero-order chi connectivity index (χ0) is 17.8. The summed E-state index contributed by atoms with van der Waals surface area (Å²) in [5, 5.41) is 18.9. The number of rotatable bonds is 14. The molecule has 2 N–H and O–H groups in total. The molecule has 5 nitrogen and oxygen atoms in total.